The van der Waals surface area contributed by atoms with Gasteiger partial charge >= 0.3 is 0 Å². The third-order valence-corrected chi connectivity index (χ3v) is 3.15. The summed E-state index contributed by atoms with van der Waals surface area (Å²) in [6, 6.07) is 10.6. The van der Waals surface area contributed by atoms with Gasteiger partial charge in [0.25, 0.3) is 5.52 Å². The van der Waals surface area contributed by atoms with Crippen molar-refractivity contribution in [1.29, 1.82) is 0 Å². The van der Waals surface area contributed by atoms with E-state index in [4.69, 9.17) is 4.84 Å². The number of nitrogens with zero attached hydrogens (tertiary/aromatic N) is 1. The van der Waals surface area contributed by atoms with Crippen LogP contribution in [0.1, 0.15) is 38.2 Å². The Hall–Kier alpha value is -1.57. The Bertz CT molecular complexity index is 507. The molecule has 0 bridgehead atoms. The fourth-order valence-electron chi connectivity index (χ4n) is 2.12. The van der Waals surface area contributed by atoms with Crippen molar-refractivity contribution in [2.75, 3.05) is 6.61 Å². The highest BCUT2D eigenvalue weighted by Crippen LogP contribution is 2.11. The average Bonchev–Trinajstić information content (AvgIpc) is 2.38. The van der Waals surface area contributed by atoms with Crippen LogP contribution < -0.4 is 9.57 Å². The number of fused-ring (bicyclic) bond motifs is 1. The van der Waals surface area contributed by atoms with Crippen LogP contribution in [-0.4, -0.2) is 6.61 Å². The van der Waals surface area contributed by atoms with Gasteiger partial charge in [-0.25, -0.2) is 0 Å². The molecule has 1 heterocycles. The van der Waals surface area contributed by atoms with E-state index >= 15 is 0 Å². The number of rotatable bonds is 6. The molecule has 1 aromatic heterocycles. The maximum atomic E-state index is 5.82. The summed E-state index contributed by atoms with van der Waals surface area (Å²) in [5.41, 5.74) is 2.42. The highest BCUT2D eigenvalue weighted by Gasteiger charge is 2.09. The lowest BCUT2D eigenvalue weighted by Crippen LogP contribution is -2.43. The predicted octanol–water partition coefficient (Wildman–Crippen LogP) is 3.44. The SMILES string of the molecule is CCCCCCO[n+]1cccc2cc(C)ccc21. The van der Waals surface area contributed by atoms with E-state index in [1.165, 1.54) is 30.2 Å². The third kappa shape index (κ3) is 3.22. The maximum Gasteiger partial charge on any atom is 0.264 e. The molecule has 2 heteroatoms. The lowest BCUT2D eigenvalue weighted by atomic mass is 10.1. The van der Waals surface area contributed by atoms with E-state index in [0.29, 0.717) is 0 Å². The molecule has 96 valence electrons. The largest absolute Gasteiger partial charge is 0.271 e. The smallest absolute Gasteiger partial charge is 0.264 e. The molecule has 0 aliphatic carbocycles. The van der Waals surface area contributed by atoms with Gasteiger partial charge in [0.15, 0.2) is 6.61 Å². The van der Waals surface area contributed by atoms with E-state index in [1.54, 1.807) is 0 Å². The molecule has 0 atom stereocenters. The van der Waals surface area contributed by atoms with Gasteiger partial charge in [0, 0.05) is 16.9 Å². The Morgan fingerprint density at radius 2 is 2.00 bits per heavy atom. The summed E-state index contributed by atoms with van der Waals surface area (Å²) in [5.74, 6) is 0. The summed E-state index contributed by atoms with van der Waals surface area (Å²) in [6.07, 6.45) is 6.92. The van der Waals surface area contributed by atoms with Crippen LogP contribution in [0.15, 0.2) is 36.5 Å². The molecular weight excluding hydrogens is 222 g/mol. The highest BCUT2D eigenvalue weighted by atomic mass is 16.7. The first-order chi connectivity index (χ1) is 8.81. The van der Waals surface area contributed by atoms with Crippen LogP contribution in [0.4, 0.5) is 0 Å². The van der Waals surface area contributed by atoms with Crippen LogP contribution in [0.2, 0.25) is 0 Å². The van der Waals surface area contributed by atoms with Crippen LogP contribution in [0.5, 0.6) is 0 Å². The molecular formula is C16H22NO+. The summed E-state index contributed by atoms with van der Waals surface area (Å²) in [7, 11) is 0. The van der Waals surface area contributed by atoms with Crippen LogP contribution in [0, 0.1) is 6.92 Å². The van der Waals surface area contributed by atoms with Crippen molar-refractivity contribution in [3.05, 3.63) is 42.1 Å². The first kappa shape index (κ1) is 12.9. The molecule has 0 aliphatic rings. The number of hydrogen-bond donors (Lipinski definition) is 0. The number of pyridine rings is 1. The van der Waals surface area contributed by atoms with Gasteiger partial charge in [0.05, 0.1) is 5.39 Å². The van der Waals surface area contributed by atoms with Crippen molar-refractivity contribution in [2.45, 2.75) is 39.5 Å². The quantitative estimate of drug-likeness (QED) is 0.560. The molecule has 0 saturated heterocycles. The first-order valence-corrected chi connectivity index (χ1v) is 6.85. The molecule has 0 aliphatic heterocycles. The van der Waals surface area contributed by atoms with Crippen LogP contribution in [0.3, 0.4) is 0 Å². The molecule has 0 spiro atoms. The van der Waals surface area contributed by atoms with Gasteiger partial charge in [-0.1, -0.05) is 31.4 Å². The van der Waals surface area contributed by atoms with Crippen molar-refractivity contribution >= 4 is 10.9 Å². The molecule has 0 unspecified atom stereocenters. The summed E-state index contributed by atoms with van der Waals surface area (Å²) in [5, 5.41) is 1.23. The van der Waals surface area contributed by atoms with E-state index in [1.807, 2.05) is 17.0 Å². The highest BCUT2D eigenvalue weighted by molar-refractivity contribution is 5.75. The number of aryl methyl sites for hydroxylation is 1. The van der Waals surface area contributed by atoms with Crippen molar-refractivity contribution < 1.29 is 9.57 Å². The van der Waals surface area contributed by atoms with Crippen molar-refractivity contribution in [3.63, 3.8) is 0 Å². The van der Waals surface area contributed by atoms with E-state index in [2.05, 4.69) is 38.1 Å². The Morgan fingerprint density at radius 1 is 1.11 bits per heavy atom. The maximum absolute atomic E-state index is 5.82. The fourth-order valence-corrected chi connectivity index (χ4v) is 2.12. The zero-order valence-electron chi connectivity index (χ0n) is 11.4. The summed E-state index contributed by atoms with van der Waals surface area (Å²) in [4.78, 5) is 5.82. The average molecular weight is 244 g/mol. The Balaban J connectivity index is 2.04. The molecule has 0 radical (unpaired) electrons. The number of aromatic nitrogens is 1. The third-order valence-electron chi connectivity index (χ3n) is 3.15. The molecule has 2 nitrogen and oxygen atoms in total. The number of hydrogen-bond acceptors (Lipinski definition) is 1. The zero-order chi connectivity index (χ0) is 12.8. The number of benzene rings is 1. The second-order valence-corrected chi connectivity index (χ2v) is 4.79. The monoisotopic (exact) mass is 244 g/mol. The second-order valence-electron chi connectivity index (χ2n) is 4.79. The van der Waals surface area contributed by atoms with Gasteiger partial charge in [-0.15, -0.1) is 0 Å². The van der Waals surface area contributed by atoms with Gasteiger partial charge in [0.2, 0.25) is 6.20 Å². The van der Waals surface area contributed by atoms with Gasteiger partial charge in [-0.05, 0) is 31.9 Å². The lowest BCUT2D eigenvalue weighted by molar-refractivity contribution is -0.871. The second kappa shape index (κ2) is 6.39. The molecule has 0 fully saturated rings. The lowest BCUT2D eigenvalue weighted by Gasteiger charge is -2.02. The molecule has 18 heavy (non-hydrogen) atoms. The van der Waals surface area contributed by atoms with Crippen LogP contribution >= 0.6 is 0 Å². The van der Waals surface area contributed by atoms with Crippen LogP contribution in [-0.2, 0) is 0 Å². The van der Waals surface area contributed by atoms with Crippen molar-refractivity contribution in [1.82, 2.24) is 0 Å². The van der Waals surface area contributed by atoms with E-state index in [9.17, 15) is 0 Å². The molecule has 0 saturated carbocycles. The summed E-state index contributed by atoms with van der Waals surface area (Å²) >= 11 is 0. The number of unbranched alkanes of at least 4 members (excludes halogenated alkanes) is 3. The standard InChI is InChI=1S/C16H22NO/c1-3-4-5-6-12-18-17-11-7-8-15-13-14(2)9-10-16(15)17/h7-11,13H,3-6,12H2,1-2H3/q+1. The Kier molecular flexibility index (Phi) is 4.57. The molecule has 2 rings (SSSR count). The van der Waals surface area contributed by atoms with E-state index in [0.717, 1.165) is 18.5 Å². The van der Waals surface area contributed by atoms with Gasteiger partial charge < -0.3 is 0 Å². The minimum atomic E-state index is 0.789. The van der Waals surface area contributed by atoms with Gasteiger partial charge in [-0.2, -0.15) is 0 Å². The summed E-state index contributed by atoms with van der Waals surface area (Å²) in [6.45, 7) is 5.13. The van der Waals surface area contributed by atoms with Gasteiger partial charge in [0.1, 0.15) is 0 Å². The Morgan fingerprint density at radius 3 is 2.83 bits per heavy atom. The fraction of sp³-hybridized carbons (Fsp3) is 0.438. The molecule has 1 aromatic carbocycles. The zero-order valence-corrected chi connectivity index (χ0v) is 11.4. The topological polar surface area (TPSA) is 13.1 Å². The molecule has 0 amide bonds. The minimum Gasteiger partial charge on any atom is -0.271 e. The molecule has 0 N–H and O–H groups in total. The predicted molar refractivity (Wildman–Crippen MR) is 74.5 cm³/mol. The normalized spacial score (nSPS) is 10.8. The Labute approximate surface area is 109 Å². The van der Waals surface area contributed by atoms with Crippen LogP contribution in [0.25, 0.3) is 10.9 Å². The minimum absolute atomic E-state index is 0.789. The first-order valence-electron chi connectivity index (χ1n) is 6.85. The molecule has 2 aromatic rings. The van der Waals surface area contributed by atoms with E-state index < -0.39 is 0 Å². The van der Waals surface area contributed by atoms with E-state index in [-0.39, 0.29) is 0 Å². The van der Waals surface area contributed by atoms with Crippen molar-refractivity contribution in [2.24, 2.45) is 0 Å². The van der Waals surface area contributed by atoms with Gasteiger partial charge in [-0.3, -0.25) is 4.84 Å². The van der Waals surface area contributed by atoms with Crippen molar-refractivity contribution in [3.8, 4) is 0 Å². The summed E-state index contributed by atoms with van der Waals surface area (Å²) < 4.78 is 1.89.